The molecule has 0 saturated heterocycles. The third-order valence-electron chi connectivity index (χ3n) is 4.43. The molecular formula is C22H19N3O4S. The number of rotatable bonds is 5. The fraction of sp³-hybridized carbons (Fsp3) is 0.0909. The summed E-state index contributed by atoms with van der Waals surface area (Å²) < 4.78 is 30.5. The van der Waals surface area contributed by atoms with Crippen LogP contribution in [-0.4, -0.2) is 25.6 Å². The molecule has 2 heterocycles. The summed E-state index contributed by atoms with van der Waals surface area (Å²) >= 11 is 0. The molecule has 1 amide bonds. The van der Waals surface area contributed by atoms with Gasteiger partial charge in [0, 0.05) is 16.8 Å². The van der Waals surface area contributed by atoms with Crippen molar-refractivity contribution in [1.29, 1.82) is 0 Å². The first kappa shape index (κ1) is 19.7. The first-order chi connectivity index (χ1) is 14.3. The van der Waals surface area contributed by atoms with Crippen molar-refractivity contribution in [2.75, 3.05) is 16.3 Å². The van der Waals surface area contributed by atoms with Crippen LogP contribution in [-0.2, 0) is 10.0 Å². The summed E-state index contributed by atoms with van der Waals surface area (Å²) in [4.78, 5) is 17.7. The summed E-state index contributed by atoms with van der Waals surface area (Å²) in [5.74, 6) is 0.271. The van der Waals surface area contributed by atoms with E-state index in [0.29, 0.717) is 33.9 Å². The lowest BCUT2D eigenvalue weighted by molar-refractivity contribution is 0.102. The number of benzene rings is 2. The molecular weight excluding hydrogens is 402 g/mol. The Morgan fingerprint density at radius 3 is 2.40 bits per heavy atom. The van der Waals surface area contributed by atoms with Crippen LogP contribution in [0.3, 0.4) is 0 Å². The molecule has 0 bridgehead atoms. The second kappa shape index (κ2) is 7.64. The normalized spacial score (nSPS) is 11.4. The molecule has 2 aromatic heterocycles. The molecule has 0 spiro atoms. The van der Waals surface area contributed by atoms with Gasteiger partial charge in [-0.25, -0.2) is 13.4 Å². The van der Waals surface area contributed by atoms with Crippen LogP contribution in [0.5, 0.6) is 0 Å². The Kier molecular flexibility index (Phi) is 5.01. The van der Waals surface area contributed by atoms with Gasteiger partial charge in [0.05, 0.1) is 23.6 Å². The zero-order valence-corrected chi connectivity index (χ0v) is 17.2. The topological polar surface area (TPSA) is 101 Å². The Morgan fingerprint density at radius 1 is 1.00 bits per heavy atom. The van der Waals surface area contributed by atoms with Crippen molar-refractivity contribution in [2.45, 2.75) is 6.92 Å². The quantitative estimate of drug-likeness (QED) is 0.496. The first-order valence-electron chi connectivity index (χ1n) is 9.13. The zero-order chi connectivity index (χ0) is 21.3. The number of hydrogen-bond acceptors (Lipinski definition) is 5. The highest BCUT2D eigenvalue weighted by Crippen LogP contribution is 2.27. The monoisotopic (exact) mass is 421 g/mol. The number of hydrogen-bond donors (Lipinski definition) is 2. The lowest BCUT2D eigenvalue weighted by Crippen LogP contribution is -2.13. The van der Waals surface area contributed by atoms with Gasteiger partial charge in [0.15, 0.2) is 5.76 Å². The maximum Gasteiger partial charge on any atom is 0.256 e. The Labute approximate surface area is 173 Å². The summed E-state index contributed by atoms with van der Waals surface area (Å²) in [6.07, 6.45) is 2.64. The van der Waals surface area contributed by atoms with Crippen LogP contribution in [0.15, 0.2) is 71.3 Å². The van der Waals surface area contributed by atoms with Crippen molar-refractivity contribution in [1.82, 2.24) is 4.98 Å². The van der Waals surface area contributed by atoms with Gasteiger partial charge < -0.3 is 9.73 Å². The molecule has 152 valence electrons. The number of carbonyl (C=O) groups is 1. The number of furan rings is 1. The summed E-state index contributed by atoms with van der Waals surface area (Å²) in [5, 5.41) is 3.59. The van der Waals surface area contributed by atoms with E-state index in [1.54, 1.807) is 48.7 Å². The molecule has 2 aromatic carbocycles. The van der Waals surface area contributed by atoms with Crippen LogP contribution in [0.1, 0.15) is 15.9 Å². The predicted molar refractivity (Wildman–Crippen MR) is 117 cm³/mol. The van der Waals surface area contributed by atoms with Gasteiger partial charge in [-0.15, -0.1) is 0 Å². The molecule has 0 unspecified atom stereocenters. The first-order valence-corrected chi connectivity index (χ1v) is 11.0. The van der Waals surface area contributed by atoms with Gasteiger partial charge in [-0.2, -0.15) is 0 Å². The van der Waals surface area contributed by atoms with Crippen molar-refractivity contribution in [3.8, 4) is 11.5 Å². The molecule has 4 aromatic rings. The number of anilines is 2. The number of carbonyl (C=O) groups excluding carboxylic acids is 1. The summed E-state index contributed by atoms with van der Waals surface area (Å²) in [5.41, 5.74) is 3.69. The van der Waals surface area contributed by atoms with Gasteiger partial charge in [-0.05, 0) is 61.5 Å². The Balaban J connectivity index is 1.69. The molecule has 0 fully saturated rings. The Bertz CT molecular complexity index is 1330. The lowest BCUT2D eigenvalue weighted by Gasteiger charge is -2.11. The fourth-order valence-electron chi connectivity index (χ4n) is 3.11. The molecule has 8 heteroatoms. The third kappa shape index (κ3) is 4.33. The third-order valence-corrected chi connectivity index (χ3v) is 5.03. The predicted octanol–water partition coefficient (Wildman–Crippen LogP) is 4.43. The molecule has 30 heavy (non-hydrogen) atoms. The maximum atomic E-state index is 13.1. The van der Waals surface area contributed by atoms with Gasteiger partial charge in [0.2, 0.25) is 10.0 Å². The number of pyridine rings is 1. The number of aromatic nitrogens is 1. The minimum absolute atomic E-state index is 0.301. The highest BCUT2D eigenvalue weighted by atomic mass is 32.2. The van der Waals surface area contributed by atoms with Crippen LogP contribution >= 0.6 is 0 Å². The number of nitrogens with zero attached hydrogens (tertiary/aromatic N) is 1. The van der Waals surface area contributed by atoms with E-state index in [9.17, 15) is 13.2 Å². The number of amides is 1. The fourth-order valence-corrected chi connectivity index (χ4v) is 3.68. The van der Waals surface area contributed by atoms with Crippen molar-refractivity contribution in [2.24, 2.45) is 0 Å². The van der Waals surface area contributed by atoms with E-state index < -0.39 is 10.0 Å². The second-order valence-corrected chi connectivity index (χ2v) is 8.71. The van der Waals surface area contributed by atoms with Gasteiger partial charge in [0.1, 0.15) is 5.69 Å². The molecule has 0 aliphatic rings. The van der Waals surface area contributed by atoms with Crippen molar-refractivity contribution in [3.63, 3.8) is 0 Å². The second-order valence-electron chi connectivity index (χ2n) is 6.96. The molecule has 0 aliphatic heterocycles. The minimum Gasteiger partial charge on any atom is -0.463 e. The highest BCUT2D eigenvalue weighted by Gasteiger charge is 2.16. The highest BCUT2D eigenvalue weighted by molar-refractivity contribution is 7.92. The van der Waals surface area contributed by atoms with E-state index in [1.165, 1.54) is 0 Å². The van der Waals surface area contributed by atoms with Crippen molar-refractivity contribution < 1.29 is 17.6 Å². The van der Waals surface area contributed by atoms with E-state index >= 15 is 0 Å². The SMILES string of the molecule is Cc1ccc2nc(-c3ccco3)cc(C(=O)Nc3ccc(NS(C)(=O)=O)cc3)c2c1. The summed E-state index contributed by atoms with van der Waals surface area (Å²) in [6, 6.07) is 17.4. The number of aryl methyl sites for hydroxylation is 1. The van der Waals surface area contributed by atoms with E-state index in [-0.39, 0.29) is 5.91 Å². The molecule has 0 atom stereocenters. The van der Waals surface area contributed by atoms with E-state index in [0.717, 1.165) is 17.2 Å². The number of nitrogens with one attached hydrogen (secondary N) is 2. The van der Waals surface area contributed by atoms with Crippen molar-refractivity contribution in [3.05, 3.63) is 78.1 Å². The summed E-state index contributed by atoms with van der Waals surface area (Å²) in [7, 11) is -3.36. The lowest BCUT2D eigenvalue weighted by atomic mass is 10.0. The minimum atomic E-state index is -3.36. The smallest absolute Gasteiger partial charge is 0.256 e. The zero-order valence-electron chi connectivity index (χ0n) is 16.3. The van der Waals surface area contributed by atoms with Gasteiger partial charge in [0.25, 0.3) is 5.91 Å². The number of fused-ring (bicyclic) bond motifs is 1. The molecule has 0 aliphatic carbocycles. The summed E-state index contributed by atoms with van der Waals surface area (Å²) in [6.45, 7) is 1.95. The molecule has 2 N–H and O–H groups in total. The van der Waals surface area contributed by atoms with Gasteiger partial charge in [-0.3, -0.25) is 9.52 Å². The van der Waals surface area contributed by atoms with E-state index in [4.69, 9.17) is 4.42 Å². The van der Waals surface area contributed by atoms with Crippen LogP contribution in [0.25, 0.3) is 22.4 Å². The number of sulfonamides is 1. The standard InChI is InChI=1S/C22H19N3O4S/c1-14-5-10-19-17(12-14)18(13-20(24-19)21-4-3-11-29-21)22(26)23-15-6-8-16(9-7-15)25-30(2,27)28/h3-13,25H,1-2H3,(H,23,26). The molecule has 0 radical (unpaired) electrons. The average molecular weight is 421 g/mol. The van der Waals surface area contributed by atoms with E-state index in [1.807, 2.05) is 25.1 Å². The largest absolute Gasteiger partial charge is 0.463 e. The van der Waals surface area contributed by atoms with Crippen LogP contribution in [0.2, 0.25) is 0 Å². The van der Waals surface area contributed by atoms with Crippen LogP contribution < -0.4 is 10.0 Å². The van der Waals surface area contributed by atoms with Crippen molar-refractivity contribution >= 4 is 38.2 Å². The Hall–Kier alpha value is -3.65. The molecule has 7 nitrogen and oxygen atoms in total. The maximum absolute atomic E-state index is 13.1. The Morgan fingerprint density at radius 2 is 1.73 bits per heavy atom. The van der Waals surface area contributed by atoms with Crippen LogP contribution in [0, 0.1) is 6.92 Å². The van der Waals surface area contributed by atoms with Gasteiger partial charge >= 0.3 is 0 Å². The molecule has 4 rings (SSSR count). The van der Waals surface area contributed by atoms with E-state index in [2.05, 4.69) is 15.0 Å². The van der Waals surface area contributed by atoms with Gasteiger partial charge in [-0.1, -0.05) is 11.6 Å². The average Bonchev–Trinajstić information content (AvgIpc) is 3.22. The molecule has 0 saturated carbocycles. The van der Waals surface area contributed by atoms with Crippen LogP contribution in [0.4, 0.5) is 11.4 Å².